The number of benzene rings is 1. The van der Waals surface area contributed by atoms with Gasteiger partial charge < -0.3 is 11.1 Å². The Morgan fingerprint density at radius 2 is 1.68 bits per heavy atom. The minimum absolute atomic E-state index is 0.209. The summed E-state index contributed by atoms with van der Waals surface area (Å²) in [5.74, 6) is 0.837. The number of carbonyl (C=O) groups excluding carboxylic acids is 1. The van der Waals surface area contributed by atoms with Crippen molar-refractivity contribution in [2.24, 2.45) is 17.6 Å². The summed E-state index contributed by atoms with van der Waals surface area (Å²) in [6, 6.07) is 10.2. The lowest BCUT2D eigenvalue weighted by Gasteiger charge is -2.26. The van der Waals surface area contributed by atoms with Gasteiger partial charge in [-0.1, -0.05) is 58.0 Å². The molecule has 0 aliphatic rings. The van der Waals surface area contributed by atoms with Crippen LogP contribution < -0.4 is 11.1 Å². The number of nitrogens with two attached hydrogens (primary N) is 1. The Labute approximate surface area is 116 Å². The van der Waals surface area contributed by atoms with E-state index in [-0.39, 0.29) is 17.9 Å². The van der Waals surface area contributed by atoms with Gasteiger partial charge in [-0.3, -0.25) is 4.79 Å². The van der Waals surface area contributed by atoms with Crippen molar-refractivity contribution < 1.29 is 4.79 Å². The predicted molar refractivity (Wildman–Crippen MR) is 79.8 cm³/mol. The van der Waals surface area contributed by atoms with Gasteiger partial charge in [0.25, 0.3) is 0 Å². The second-order valence-electron chi connectivity index (χ2n) is 5.79. The Hall–Kier alpha value is -1.35. The van der Waals surface area contributed by atoms with E-state index in [0.717, 1.165) is 6.54 Å². The van der Waals surface area contributed by atoms with Crippen molar-refractivity contribution in [3.63, 3.8) is 0 Å². The molecule has 2 unspecified atom stereocenters. The fraction of sp³-hybridized carbons (Fsp3) is 0.562. The molecule has 0 aliphatic heterocycles. The van der Waals surface area contributed by atoms with Gasteiger partial charge in [0.15, 0.2) is 0 Å². The van der Waals surface area contributed by atoms with Crippen LogP contribution >= 0.6 is 0 Å². The second kappa shape index (κ2) is 7.29. The van der Waals surface area contributed by atoms with Crippen molar-refractivity contribution in [2.75, 3.05) is 6.54 Å². The first kappa shape index (κ1) is 15.7. The van der Waals surface area contributed by atoms with Gasteiger partial charge in [0, 0.05) is 6.54 Å². The molecule has 1 amide bonds. The summed E-state index contributed by atoms with van der Waals surface area (Å²) >= 11 is 0. The molecule has 0 saturated carbocycles. The van der Waals surface area contributed by atoms with Crippen molar-refractivity contribution in [1.29, 1.82) is 0 Å². The maximum atomic E-state index is 11.4. The normalized spacial score (nSPS) is 14.6. The highest BCUT2D eigenvalue weighted by molar-refractivity contribution is 5.80. The maximum absolute atomic E-state index is 11.4. The summed E-state index contributed by atoms with van der Waals surface area (Å²) in [5, 5.41) is 3.32. The number of nitrogens with one attached hydrogen (secondary N) is 1. The Bertz CT molecular complexity index is 387. The molecule has 3 N–H and O–H groups in total. The number of rotatable bonds is 7. The van der Waals surface area contributed by atoms with Gasteiger partial charge in [0.1, 0.15) is 0 Å². The minimum atomic E-state index is -0.273. The summed E-state index contributed by atoms with van der Waals surface area (Å²) < 4.78 is 0. The fourth-order valence-electron chi connectivity index (χ4n) is 2.36. The van der Waals surface area contributed by atoms with Gasteiger partial charge in [-0.25, -0.2) is 0 Å². The Balaban J connectivity index is 2.73. The van der Waals surface area contributed by atoms with Crippen LogP contribution in [0.15, 0.2) is 30.3 Å². The molecule has 3 nitrogen and oxygen atoms in total. The van der Waals surface area contributed by atoms with E-state index in [4.69, 9.17) is 5.73 Å². The lowest BCUT2D eigenvalue weighted by atomic mass is 9.88. The minimum Gasteiger partial charge on any atom is -0.368 e. The van der Waals surface area contributed by atoms with E-state index in [0.29, 0.717) is 11.8 Å². The Kier molecular flexibility index (Phi) is 6.03. The zero-order valence-electron chi connectivity index (χ0n) is 12.4. The summed E-state index contributed by atoms with van der Waals surface area (Å²) in [6.45, 7) is 9.19. The third-order valence-corrected chi connectivity index (χ3v) is 3.56. The molecule has 0 radical (unpaired) electrons. The number of amides is 1. The Morgan fingerprint density at radius 1 is 1.11 bits per heavy atom. The van der Waals surface area contributed by atoms with E-state index in [9.17, 15) is 4.79 Å². The topological polar surface area (TPSA) is 55.1 Å². The number of carbonyl (C=O) groups is 1. The van der Waals surface area contributed by atoms with Gasteiger partial charge in [0.2, 0.25) is 5.91 Å². The summed E-state index contributed by atoms with van der Waals surface area (Å²) in [6.07, 6.45) is 0. The molecule has 0 aliphatic carbocycles. The molecular weight excluding hydrogens is 236 g/mol. The first-order chi connectivity index (χ1) is 8.93. The van der Waals surface area contributed by atoms with Crippen LogP contribution in [0.5, 0.6) is 0 Å². The molecule has 19 heavy (non-hydrogen) atoms. The molecule has 106 valence electrons. The highest BCUT2D eigenvalue weighted by Crippen LogP contribution is 2.23. The highest BCUT2D eigenvalue weighted by Gasteiger charge is 2.22. The Morgan fingerprint density at radius 3 is 2.11 bits per heavy atom. The van der Waals surface area contributed by atoms with Crippen molar-refractivity contribution in [3.8, 4) is 0 Å². The fourth-order valence-corrected chi connectivity index (χ4v) is 2.36. The molecule has 0 fully saturated rings. The second-order valence-corrected chi connectivity index (χ2v) is 5.79. The number of hydrogen-bond donors (Lipinski definition) is 2. The van der Waals surface area contributed by atoms with Gasteiger partial charge in [0.05, 0.1) is 6.04 Å². The zero-order chi connectivity index (χ0) is 14.4. The van der Waals surface area contributed by atoms with Crippen LogP contribution in [-0.4, -0.2) is 18.5 Å². The molecule has 1 aromatic rings. The molecule has 0 spiro atoms. The van der Waals surface area contributed by atoms with Crippen LogP contribution in [0, 0.1) is 11.8 Å². The quantitative estimate of drug-likeness (QED) is 0.793. The van der Waals surface area contributed by atoms with Crippen LogP contribution in [0.2, 0.25) is 0 Å². The van der Waals surface area contributed by atoms with Gasteiger partial charge in [-0.05, 0) is 23.3 Å². The van der Waals surface area contributed by atoms with E-state index >= 15 is 0 Å². The van der Waals surface area contributed by atoms with E-state index in [1.165, 1.54) is 5.56 Å². The molecule has 0 aromatic heterocycles. The van der Waals surface area contributed by atoms with Crippen LogP contribution in [0.4, 0.5) is 0 Å². The van der Waals surface area contributed by atoms with Gasteiger partial charge in [-0.15, -0.1) is 0 Å². The molecule has 1 aromatic carbocycles. The average molecular weight is 262 g/mol. The van der Waals surface area contributed by atoms with Crippen LogP contribution in [-0.2, 0) is 4.79 Å². The van der Waals surface area contributed by atoms with E-state index in [1.807, 2.05) is 19.9 Å². The number of primary amides is 1. The molecule has 0 bridgehead atoms. The van der Waals surface area contributed by atoms with Crippen molar-refractivity contribution in [2.45, 2.75) is 39.7 Å². The van der Waals surface area contributed by atoms with Gasteiger partial charge >= 0.3 is 0 Å². The molecule has 0 heterocycles. The molecule has 1 rings (SSSR count). The van der Waals surface area contributed by atoms with E-state index < -0.39 is 0 Å². The first-order valence-electron chi connectivity index (χ1n) is 7.01. The predicted octanol–water partition coefficient (Wildman–Crippen LogP) is 2.53. The van der Waals surface area contributed by atoms with Crippen molar-refractivity contribution in [3.05, 3.63) is 35.9 Å². The first-order valence-corrected chi connectivity index (χ1v) is 7.01. The number of hydrogen-bond acceptors (Lipinski definition) is 2. The van der Waals surface area contributed by atoms with Gasteiger partial charge in [-0.2, -0.15) is 0 Å². The highest BCUT2D eigenvalue weighted by atomic mass is 16.1. The zero-order valence-corrected chi connectivity index (χ0v) is 12.4. The van der Waals surface area contributed by atoms with E-state index in [2.05, 4.69) is 43.4 Å². The smallest absolute Gasteiger partial charge is 0.234 e. The molecule has 2 atom stereocenters. The van der Waals surface area contributed by atoms with E-state index in [1.54, 1.807) is 0 Å². The third-order valence-electron chi connectivity index (χ3n) is 3.56. The average Bonchev–Trinajstić information content (AvgIpc) is 2.34. The monoisotopic (exact) mass is 262 g/mol. The molecule has 3 heteroatoms. The maximum Gasteiger partial charge on any atom is 0.234 e. The SMILES string of the molecule is CC(C)C(NCC(c1ccccc1)C(C)C)C(N)=O. The summed E-state index contributed by atoms with van der Waals surface area (Å²) in [5.41, 5.74) is 6.74. The van der Waals surface area contributed by atoms with Crippen LogP contribution in [0.1, 0.15) is 39.2 Å². The van der Waals surface area contributed by atoms with Crippen molar-refractivity contribution in [1.82, 2.24) is 5.32 Å². The standard InChI is InChI=1S/C16H26N2O/c1-11(2)14(13-8-6-5-7-9-13)10-18-15(12(3)4)16(17)19/h5-9,11-12,14-15,18H,10H2,1-4H3,(H2,17,19). The van der Waals surface area contributed by atoms with Crippen LogP contribution in [0.3, 0.4) is 0 Å². The summed E-state index contributed by atoms with van der Waals surface area (Å²) in [4.78, 5) is 11.4. The largest absolute Gasteiger partial charge is 0.368 e. The third kappa shape index (κ3) is 4.67. The summed E-state index contributed by atoms with van der Waals surface area (Å²) in [7, 11) is 0. The molecule has 0 saturated heterocycles. The van der Waals surface area contributed by atoms with Crippen LogP contribution in [0.25, 0.3) is 0 Å². The van der Waals surface area contributed by atoms with Crippen molar-refractivity contribution >= 4 is 5.91 Å². The lowest BCUT2D eigenvalue weighted by molar-refractivity contribution is -0.121. The lowest BCUT2D eigenvalue weighted by Crippen LogP contribution is -2.46. The molecular formula is C16H26N2O.